The SMILES string of the molecule is CCN(CC)C1CC1c1cccc(OC)c1. The Morgan fingerprint density at radius 3 is 2.69 bits per heavy atom. The van der Waals surface area contributed by atoms with Gasteiger partial charge in [-0.25, -0.2) is 0 Å². The number of nitrogens with zero attached hydrogens (tertiary/aromatic N) is 1. The molecule has 0 aliphatic heterocycles. The molecule has 1 aliphatic rings. The molecule has 0 amide bonds. The van der Waals surface area contributed by atoms with Gasteiger partial charge in [0.05, 0.1) is 7.11 Å². The van der Waals surface area contributed by atoms with Crippen LogP contribution < -0.4 is 4.74 Å². The van der Waals surface area contributed by atoms with Gasteiger partial charge in [-0.1, -0.05) is 26.0 Å². The van der Waals surface area contributed by atoms with Crippen LogP contribution in [-0.2, 0) is 0 Å². The van der Waals surface area contributed by atoms with E-state index in [1.807, 2.05) is 6.07 Å². The van der Waals surface area contributed by atoms with Gasteiger partial charge in [-0.05, 0) is 37.2 Å². The van der Waals surface area contributed by atoms with E-state index in [1.165, 1.54) is 12.0 Å². The Kier molecular flexibility index (Phi) is 3.49. The van der Waals surface area contributed by atoms with Gasteiger partial charge >= 0.3 is 0 Å². The first-order valence-corrected chi connectivity index (χ1v) is 6.18. The summed E-state index contributed by atoms with van der Waals surface area (Å²) >= 11 is 0. The first kappa shape index (κ1) is 11.5. The number of methoxy groups -OCH3 is 1. The van der Waals surface area contributed by atoms with Crippen molar-refractivity contribution < 1.29 is 4.74 Å². The van der Waals surface area contributed by atoms with Crippen LogP contribution >= 0.6 is 0 Å². The number of likely N-dealkylation sites (N-methyl/N-ethyl adjacent to an activating group) is 1. The smallest absolute Gasteiger partial charge is 0.119 e. The monoisotopic (exact) mass is 219 g/mol. The molecule has 88 valence electrons. The lowest BCUT2D eigenvalue weighted by molar-refractivity contribution is 0.288. The number of hydrogen-bond acceptors (Lipinski definition) is 2. The molecular weight excluding hydrogens is 198 g/mol. The Bertz CT molecular complexity index is 346. The minimum atomic E-state index is 0.718. The minimum Gasteiger partial charge on any atom is -0.497 e. The van der Waals surface area contributed by atoms with Crippen molar-refractivity contribution in [3.05, 3.63) is 29.8 Å². The van der Waals surface area contributed by atoms with Crippen LogP contribution in [0, 0.1) is 0 Å². The van der Waals surface area contributed by atoms with E-state index in [0.29, 0.717) is 0 Å². The fourth-order valence-corrected chi connectivity index (χ4v) is 2.51. The molecule has 0 radical (unpaired) electrons. The third-order valence-electron chi connectivity index (χ3n) is 3.56. The molecule has 0 saturated heterocycles. The highest BCUT2D eigenvalue weighted by atomic mass is 16.5. The van der Waals surface area contributed by atoms with Crippen LogP contribution in [0.25, 0.3) is 0 Å². The van der Waals surface area contributed by atoms with Crippen molar-refractivity contribution in [1.29, 1.82) is 0 Å². The lowest BCUT2D eigenvalue weighted by Crippen LogP contribution is -2.26. The standard InChI is InChI=1S/C14H21NO/c1-4-15(5-2)14-10-13(14)11-7-6-8-12(9-11)16-3/h6-9,13-14H,4-5,10H2,1-3H3. The molecular formula is C14H21NO. The first-order valence-electron chi connectivity index (χ1n) is 6.18. The lowest BCUT2D eigenvalue weighted by atomic mass is 10.1. The topological polar surface area (TPSA) is 12.5 Å². The summed E-state index contributed by atoms with van der Waals surface area (Å²) in [6.07, 6.45) is 1.30. The average Bonchev–Trinajstić information content (AvgIpc) is 3.11. The van der Waals surface area contributed by atoms with Crippen molar-refractivity contribution >= 4 is 0 Å². The van der Waals surface area contributed by atoms with Gasteiger partial charge in [-0.2, -0.15) is 0 Å². The van der Waals surface area contributed by atoms with Crippen LogP contribution in [0.4, 0.5) is 0 Å². The van der Waals surface area contributed by atoms with Gasteiger partial charge in [0.1, 0.15) is 5.75 Å². The number of rotatable bonds is 5. The normalized spacial score (nSPS) is 23.5. The molecule has 1 aromatic rings. The maximum absolute atomic E-state index is 5.27. The highest BCUT2D eigenvalue weighted by Gasteiger charge is 2.41. The summed E-state index contributed by atoms with van der Waals surface area (Å²) in [7, 11) is 1.73. The molecule has 2 rings (SSSR count). The summed E-state index contributed by atoms with van der Waals surface area (Å²) in [5.74, 6) is 1.69. The molecule has 2 nitrogen and oxygen atoms in total. The molecule has 16 heavy (non-hydrogen) atoms. The summed E-state index contributed by atoms with van der Waals surface area (Å²) in [5, 5.41) is 0. The predicted molar refractivity (Wildman–Crippen MR) is 67.1 cm³/mol. The molecule has 0 spiro atoms. The second-order valence-electron chi connectivity index (χ2n) is 4.41. The zero-order valence-electron chi connectivity index (χ0n) is 10.4. The Balaban J connectivity index is 2.04. The predicted octanol–water partition coefficient (Wildman–Crippen LogP) is 2.89. The van der Waals surface area contributed by atoms with E-state index in [1.54, 1.807) is 7.11 Å². The molecule has 1 aliphatic carbocycles. The maximum atomic E-state index is 5.27. The van der Waals surface area contributed by atoms with Crippen LogP contribution in [0.1, 0.15) is 31.7 Å². The average molecular weight is 219 g/mol. The highest BCUT2D eigenvalue weighted by molar-refractivity contribution is 5.35. The van der Waals surface area contributed by atoms with Crippen molar-refractivity contribution in [3.63, 3.8) is 0 Å². The Labute approximate surface area is 98.2 Å². The summed E-state index contributed by atoms with van der Waals surface area (Å²) in [4.78, 5) is 2.55. The molecule has 2 unspecified atom stereocenters. The fourth-order valence-electron chi connectivity index (χ4n) is 2.51. The third kappa shape index (κ3) is 2.22. The molecule has 1 aromatic carbocycles. The summed E-state index contributed by atoms with van der Waals surface area (Å²) in [6.45, 7) is 6.79. The lowest BCUT2D eigenvalue weighted by Gasteiger charge is -2.18. The zero-order chi connectivity index (χ0) is 11.5. The van der Waals surface area contributed by atoms with Crippen LogP contribution in [0.2, 0.25) is 0 Å². The van der Waals surface area contributed by atoms with E-state index >= 15 is 0 Å². The first-order chi connectivity index (χ1) is 7.80. The van der Waals surface area contributed by atoms with Gasteiger partial charge in [-0.3, -0.25) is 0 Å². The van der Waals surface area contributed by atoms with Gasteiger partial charge in [0.15, 0.2) is 0 Å². The van der Waals surface area contributed by atoms with Crippen molar-refractivity contribution in [1.82, 2.24) is 4.90 Å². The minimum absolute atomic E-state index is 0.718. The number of benzene rings is 1. The van der Waals surface area contributed by atoms with E-state index in [0.717, 1.165) is 30.8 Å². The van der Waals surface area contributed by atoms with Crippen LogP contribution in [0.3, 0.4) is 0 Å². The second-order valence-corrected chi connectivity index (χ2v) is 4.41. The second kappa shape index (κ2) is 4.88. The van der Waals surface area contributed by atoms with Crippen molar-refractivity contribution in [2.75, 3.05) is 20.2 Å². The quantitative estimate of drug-likeness (QED) is 0.755. The van der Waals surface area contributed by atoms with Crippen LogP contribution in [0.5, 0.6) is 5.75 Å². The van der Waals surface area contributed by atoms with Crippen molar-refractivity contribution in [2.45, 2.75) is 32.2 Å². The zero-order valence-corrected chi connectivity index (χ0v) is 10.4. The van der Waals surface area contributed by atoms with E-state index in [2.05, 4.69) is 36.9 Å². The maximum Gasteiger partial charge on any atom is 0.119 e. The Morgan fingerprint density at radius 1 is 1.31 bits per heavy atom. The molecule has 2 heteroatoms. The highest BCUT2D eigenvalue weighted by Crippen LogP contribution is 2.45. The number of hydrogen-bond donors (Lipinski definition) is 0. The summed E-state index contributed by atoms with van der Waals surface area (Å²) < 4.78 is 5.27. The summed E-state index contributed by atoms with van der Waals surface area (Å²) in [6, 6.07) is 9.25. The Morgan fingerprint density at radius 2 is 2.06 bits per heavy atom. The molecule has 0 aromatic heterocycles. The largest absolute Gasteiger partial charge is 0.497 e. The molecule has 2 atom stereocenters. The number of ether oxygens (including phenoxy) is 1. The summed E-state index contributed by atoms with van der Waals surface area (Å²) in [5.41, 5.74) is 1.43. The third-order valence-corrected chi connectivity index (χ3v) is 3.56. The molecule has 0 bridgehead atoms. The van der Waals surface area contributed by atoms with E-state index < -0.39 is 0 Å². The Hall–Kier alpha value is -1.02. The van der Waals surface area contributed by atoms with Gasteiger partial charge in [-0.15, -0.1) is 0 Å². The van der Waals surface area contributed by atoms with Gasteiger partial charge in [0, 0.05) is 12.0 Å². The van der Waals surface area contributed by atoms with E-state index in [4.69, 9.17) is 4.74 Å². The van der Waals surface area contributed by atoms with Crippen molar-refractivity contribution in [3.8, 4) is 5.75 Å². The fraction of sp³-hybridized carbons (Fsp3) is 0.571. The molecule has 1 fully saturated rings. The molecule has 0 N–H and O–H groups in total. The molecule has 0 heterocycles. The van der Waals surface area contributed by atoms with Gasteiger partial charge in [0.25, 0.3) is 0 Å². The van der Waals surface area contributed by atoms with Gasteiger partial charge < -0.3 is 9.64 Å². The van der Waals surface area contributed by atoms with E-state index in [9.17, 15) is 0 Å². The van der Waals surface area contributed by atoms with Gasteiger partial charge in [0.2, 0.25) is 0 Å². The van der Waals surface area contributed by atoms with Crippen molar-refractivity contribution in [2.24, 2.45) is 0 Å². The van der Waals surface area contributed by atoms with Crippen LogP contribution in [0.15, 0.2) is 24.3 Å². The van der Waals surface area contributed by atoms with E-state index in [-0.39, 0.29) is 0 Å². The van der Waals surface area contributed by atoms with Crippen LogP contribution in [-0.4, -0.2) is 31.1 Å². The molecule has 1 saturated carbocycles.